The Morgan fingerprint density at radius 3 is 2.58 bits per heavy atom. The SMILES string of the molecule is Cc1nc(N[C@H](C)c2cccc(C(F)(F)F)c2F)c2c(n1)C1(CCNC1)C(=O)N(C1CCNCC1)C2. The highest BCUT2D eigenvalue weighted by molar-refractivity contribution is 5.91. The van der Waals surface area contributed by atoms with Crippen LogP contribution in [0.3, 0.4) is 0 Å². The lowest BCUT2D eigenvalue weighted by Crippen LogP contribution is -2.57. The Hall–Kier alpha value is -2.79. The largest absolute Gasteiger partial charge is 0.419 e. The van der Waals surface area contributed by atoms with Crippen LogP contribution in [0.15, 0.2) is 18.2 Å². The van der Waals surface area contributed by atoms with Gasteiger partial charge in [-0.05, 0) is 58.8 Å². The fourth-order valence-corrected chi connectivity index (χ4v) is 5.75. The van der Waals surface area contributed by atoms with E-state index in [1.807, 2.05) is 4.90 Å². The van der Waals surface area contributed by atoms with E-state index in [2.05, 4.69) is 20.9 Å². The van der Waals surface area contributed by atoms with Gasteiger partial charge in [-0.1, -0.05) is 12.1 Å². The second-order valence-corrected chi connectivity index (χ2v) is 9.94. The number of aryl methyl sites for hydroxylation is 1. The highest BCUT2D eigenvalue weighted by atomic mass is 19.4. The van der Waals surface area contributed by atoms with Gasteiger partial charge in [0.1, 0.15) is 22.9 Å². The van der Waals surface area contributed by atoms with Crippen LogP contribution in [0.4, 0.5) is 23.4 Å². The summed E-state index contributed by atoms with van der Waals surface area (Å²) in [6, 6.07) is 2.57. The average molecular weight is 507 g/mol. The molecule has 2 atom stereocenters. The predicted molar refractivity (Wildman–Crippen MR) is 126 cm³/mol. The summed E-state index contributed by atoms with van der Waals surface area (Å²) in [7, 11) is 0. The maximum absolute atomic E-state index is 14.9. The van der Waals surface area contributed by atoms with Crippen LogP contribution in [0.25, 0.3) is 0 Å². The summed E-state index contributed by atoms with van der Waals surface area (Å²) in [6.45, 7) is 6.44. The summed E-state index contributed by atoms with van der Waals surface area (Å²) in [5.41, 5.74) is -0.800. The monoisotopic (exact) mass is 506 g/mol. The number of hydrogen-bond acceptors (Lipinski definition) is 6. The van der Waals surface area contributed by atoms with E-state index in [1.54, 1.807) is 13.8 Å². The van der Waals surface area contributed by atoms with Crippen LogP contribution in [0.5, 0.6) is 0 Å². The second-order valence-electron chi connectivity index (χ2n) is 9.94. The zero-order valence-electron chi connectivity index (χ0n) is 20.3. The first-order valence-corrected chi connectivity index (χ1v) is 12.3. The van der Waals surface area contributed by atoms with E-state index < -0.39 is 29.0 Å². The first kappa shape index (κ1) is 24.9. The van der Waals surface area contributed by atoms with Gasteiger partial charge in [-0.25, -0.2) is 14.4 Å². The summed E-state index contributed by atoms with van der Waals surface area (Å²) in [4.78, 5) is 25.1. The first-order valence-electron chi connectivity index (χ1n) is 12.3. The van der Waals surface area contributed by atoms with E-state index in [-0.39, 0.29) is 17.5 Å². The fourth-order valence-electron chi connectivity index (χ4n) is 5.75. The molecule has 0 saturated carbocycles. The Bertz CT molecular complexity index is 1160. The molecule has 36 heavy (non-hydrogen) atoms. The minimum atomic E-state index is -4.79. The lowest BCUT2D eigenvalue weighted by molar-refractivity contribution is -0.142. The van der Waals surface area contributed by atoms with Crippen molar-refractivity contribution in [1.82, 2.24) is 25.5 Å². The number of benzene rings is 1. The van der Waals surface area contributed by atoms with Crippen molar-refractivity contribution in [3.8, 4) is 0 Å². The number of carbonyl (C=O) groups excluding carboxylic acids is 1. The molecular weight excluding hydrogens is 476 g/mol. The highest BCUT2D eigenvalue weighted by Gasteiger charge is 2.52. The van der Waals surface area contributed by atoms with E-state index in [1.165, 1.54) is 12.1 Å². The van der Waals surface area contributed by atoms with Crippen molar-refractivity contribution in [1.29, 1.82) is 0 Å². The van der Waals surface area contributed by atoms with Crippen molar-refractivity contribution in [2.75, 3.05) is 31.5 Å². The van der Waals surface area contributed by atoms with Gasteiger partial charge in [-0.2, -0.15) is 13.2 Å². The minimum Gasteiger partial charge on any atom is -0.363 e. The van der Waals surface area contributed by atoms with E-state index in [9.17, 15) is 22.4 Å². The number of hydrogen-bond donors (Lipinski definition) is 3. The lowest BCUT2D eigenvalue weighted by Gasteiger charge is -2.45. The number of halogens is 4. The third-order valence-electron chi connectivity index (χ3n) is 7.63. The summed E-state index contributed by atoms with van der Waals surface area (Å²) >= 11 is 0. The number of nitrogens with one attached hydrogen (secondary N) is 3. The number of nitrogens with zero attached hydrogens (tertiary/aromatic N) is 3. The zero-order chi connectivity index (χ0) is 25.7. The van der Waals surface area contributed by atoms with E-state index in [0.29, 0.717) is 43.4 Å². The Kier molecular flexibility index (Phi) is 6.40. The molecule has 2 saturated heterocycles. The van der Waals surface area contributed by atoms with Gasteiger partial charge < -0.3 is 20.9 Å². The molecule has 3 aliphatic heterocycles. The maximum Gasteiger partial charge on any atom is 0.419 e. The zero-order valence-corrected chi connectivity index (χ0v) is 20.3. The summed E-state index contributed by atoms with van der Waals surface area (Å²) in [5, 5.41) is 9.81. The molecule has 3 aliphatic rings. The number of anilines is 1. The number of fused-ring (bicyclic) bond motifs is 2. The number of aromatic nitrogens is 2. The predicted octanol–water partition coefficient (Wildman–Crippen LogP) is 3.44. The lowest BCUT2D eigenvalue weighted by atomic mass is 9.76. The van der Waals surface area contributed by atoms with Gasteiger partial charge in [0.05, 0.1) is 23.8 Å². The molecule has 1 amide bonds. The van der Waals surface area contributed by atoms with Crippen LogP contribution >= 0.6 is 0 Å². The highest BCUT2D eigenvalue weighted by Crippen LogP contribution is 2.43. The topological polar surface area (TPSA) is 82.2 Å². The quantitative estimate of drug-likeness (QED) is 0.552. The van der Waals surface area contributed by atoms with E-state index in [4.69, 9.17) is 4.98 Å². The van der Waals surface area contributed by atoms with Gasteiger partial charge in [-0.15, -0.1) is 0 Å². The van der Waals surface area contributed by atoms with Crippen LogP contribution in [0.2, 0.25) is 0 Å². The molecule has 1 spiro atoms. The molecule has 1 aromatic carbocycles. The van der Waals surface area contributed by atoms with Crippen molar-refractivity contribution in [2.45, 2.75) is 63.3 Å². The van der Waals surface area contributed by atoms with Gasteiger partial charge in [0.2, 0.25) is 5.91 Å². The van der Waals surface area contributed by atoms with E-state index in [0.717, 1.165) is 37.6 Å². The maximum atomic E-state index is 14.9. The summed E-state index contributed by atoms with van der Waals surface area (Å²) in [6.07, 6.45) is -2.51. The van der Waals surface area contributed by atoms with Crippen molar-refractivity contribution >= 4 is 11.7 Å². The fraction of sp³-hybridized carbons (Fsp3) is 0.560. The Morgan fingerprint density at radius 1 is 1.17 bits per heavy atom. The van der Waals surface area contributed by atoms with Crippen molar-refractivity contribution < 1.29 is 22.4 Å². The molecule has 11 heteroatoms. The normalized spacial score (nSPS) is 23.7. The minimum absolute atomic E-state index is 0.0629. The molecule has 194 valence electrons. The molecule has 2 fully saturated rings. The molecular formula is C25H30F4N6O. The molecule has 4 heterocycles. The van der Waals surface area contributed by atoms with Crippen LogP contribution in [-0.2, 0) is 22.9 Å². The first-order chi connectivity index (χ1) is 17.1. The number of rotatable bonds is 4. The molecule has 5 rings (SSSR count). The van der Waals surface area contributed by atoms with Crippen LogP contribution in [0, 0.1) is 12.7 Å². The Balaban J connectivity index is 1.55. The molecule has 7 nitrogen and oxygen atoms in total. The van der Waals surface area contributed by atoms with Gasteiger partial charge in [-0.3, -0.25) is 4.79 Å². The number of carbonyl (C=O) groups is 1. The van der Waals surface area contributed by atoms with Gasteiger partial charge in [0.15, 0.2) is 0 Å². The van der Waals surface area contributed by atoms with Crippen molar-refractivity contribution in [2.24, 2.45) is 0 Å². The standard InChI is InChI=1S/C25H30F4N6O/c1-14(17-4-3-5-19(20(17)26)25(27,28)29)32-22-18-12-35(16-6-9-30-10-7-16)23(36)24(8-11-31-13-24)21(18)33-15(2)34-22/h3-5,14,16,30-31H,6-13H2,1-2H3,(H,32,33,34)/t14-,24?/m1/s1. The summed E-state index contributed by atoms with van der Waals surface area (Å²) in [5.74, 6) is -0.359. The van der Waals surface area contributed by atoms with Crippen LogP contribution < -0.4 is 16.0 Å². The van der Waals surface area contributed by atoms with Crippen LogP contribution in [-0.4, -0.2) is 53.0 Å². The summed E-state index contributed by atoms with van der Waals surface area (Å²) < 4.78 is 54.8. The third kappa shape index (κ3) is 4.21. The van der Waals surface area contributed by atoms with Crippen molar-refractivity contribution in [3.63, 3.8) is 0 Å². The molecule has 3 N–H and O–H groups in total. The van der Waals surface area contributed by atoms with E-state index >= 15 is 0 Å². The molecule has 0 aliphatic carbocycles. The van der Waals surface area contributed by atoms with Gasteiger partial charge in [0, 0.05) is 23.7 Å². The molecule has 1 unspecified atom stereocenters. The number of alkyl halides is 3. The third-order valence-corrected chi connectivity index (χ3v) is 7.63. The van der Waals surface area contributed by atoms with Gasteiger partial charge >= 0.3 is 6.18 Å². The number of amides is 1. The Labute approximate surface area is 207 Å². The smallest absolute Gasteiger partial charge is 0.363 e. The molecule has 2 aromatic rings. The molecule has 1 aromatic heterocycles. The van der Waals surface area contributed by atoms with Gasteiger partial charge in [0.25, 0.3) is 0 Å². The van der Waals surface area contributed by atoms with Crippen LogP contribution in [0.1, 0.15) is 60.4 Å². The molecule has 0 radical (unpaired) electrons. The van der Waals surface area contributed by atoms with Crippen molar-refractivity contribution in [3.05, 3.63) is 52.2 Å². The Morgan fingerprint density at radius 2 is 1.92 bits per heavy atom. The number of piperidine rings is 1. The average Bonchev–Trinajstić information content (AvgIpc) is 3.32. The molecule has 0 bridgehead atoms. The second kappa shape index (κ2) is 9.26.